The summed E-state index contributed by atoms with van der Waals surface area (Å²) in [4.78, 5) is 0. The van der Waals surface area contributed by atoms with Crippen molar-refractivity contribution < 1.29 is 0 Å². The molecular formula is C14H19N3. The van der Waals surface area contributed by atoms with Crippen LogP contribution in [0.3, 0.4) is 0 Å². The Morgan fingerprint density at radius 2 is 2.00 bits per heavy atom. The van der Waals surface area contributed by atoms with Crippen LogP contribution in [0.25, 0.3) is 5.69 Å². The predicted molar refractivity (Wildman–Crippen MR) is 71.5 cm³/mol. The lowest BCUT2D eigenvalue weighted by Gasteiger charge is -2.11. The number of nitrogens with zero attached hydrogens (tertiary/aromatic N) is 2. The summed E-state index contributed by atoms with van der Waals surface area (Å²) < 4.78 is 1.99. The molecule has 0 saturated heterocycles. The molecule has 0 bridgehead atoms. The Hall–Kier alpha value is -1.77. The molecular weight excluding hydrogens is 210 g/mol. The van der Waals surface area contributed by atoms with Gasteiger partial charge in [0, 0.05) is 5.69 Å². The predicted octanol–water partition coefficient (Wildman–Crippen LogP) is 2.89. The van der Waals surface area contributed by atoms with Gasteiger partial charge in [0.1, 0.15) is 0 Å². The number of hydrogen-bond acceptors (Lipinski definition) is 2. The number of benzene rings is 1. The third kappa shape index (κ3) is 2.05. The number of aromatic nitrogens is 2. The summed E-state index contributed by atoms with van der Waals surface area (Å²) in [6.07, 6.45) is 1.91. The Balaban J connectivity index is 2.63. The topological polar surface area (TPSA) is 43.8 Å². The van der Waals surface area contributed by atoms with Gasteiger partial charge in [-0.1, -0.05) is 26.0 Å². The van der Waals surface area contributed by atoms with E-state index in [0.29, 0.717) is 0 Å². The summed E-state index contributed by atoms with van der Waals surface area (Å²) in [5.41, 5.74) is 11.4. The van der Waals surface area contributed by atoms with Gasteiger partial charge in [-0.05, 0) is 37.5 Å². The van der Waals surface area contributed by atoms with Crippen molar-refractivity contribution >= 4 is 5.69 Å². The van der Waals surface area contributed by atoms with Gasteiger partial charge >= 0.3 is 0 Å². The van der Waals surface area contributed by atoms with E-state index in [9.17, 15) is 0 Å². The van der Waals surface area contributed by atoms with Crippen molar-refractivity contribution in [1.29, 1.82) is 0 Å². The molecule has 2 N–H and O–H groups in total. The Morgan fingerprint density at radius 3 is 2.59 bits per heavy atom. The molecule has 0 aliphatic heterocycles. The quantitative estimate of drug-likeness (QED) is 0.822. The van der Waals surface area contributed by atoms with Crippen molar-refractivity contribution in [1.82, 2.24) is 9.78 Å². The number of nitrogen functional groups attached to an aromatic ring is 1. The minimum absolute atomic E-state index is 0.783. The van der Waals surface area contributed by atoms with Gasteiger partial charge in [-0.2, -0.15) is 5.10 Å². The van der Waals surface area contributed by atoms with Gasteiger partial charge < -0.3 is 5.73 Å². The van der Waals surface area contributed by atoms with Crippen molar-refractivity contribution in [3.8, 4) is 5.69 Å². The van der Waals surface area contributed by atoms with Gasteiger partial charge in [0.2, 0.25) is 0 Å². The lowest BCUT2D eigenvalue weighted by Crippen LogP contribution is -2.07. The monoisotopic (exact) mass is 229 g/mol. The third-order valence-corrected chi connectivity index (χ3v) is 3.04. The first kappa shape index (κ1) is 11.7. The molecule has 0 saturated carbocycles. The summed E-state index contributed by atoms with van der Waals surface area (Å²) in [5.74, 6) is 0. The van der Waals surface area contributed by atoms with Crippen LogP contribution in [0.5, 0.6) is 0 Å². The molecule has 0 spiro atoms. The molecule has 0 fully saturated rings. The fraction of sp³-hybridized carbons (Fsp3) is 0.357. The van der Waals surface area contributed by atoms with Crippen molar-refractivity contribution in [2.75, 3.05) is 5.73 Å². The number of hydrogen-bond donors (Lipinski definition) is 1. The van der Waals surface area contributed by atoms with Gasteiger partial charge in [0.25, 0.3) is 0 Å². The van der Waals surface area contributed by atoms with Crippen LogP contribution in [0.2, 0.25) is 0 Å². The normalized spacial score (nSPS) is 10.8. The molecule has 90 valence electrons. The Labute approximate surface area is 102 Å². The number of para-hydroxylation sites is 1. The van der Waals surface area contributed by atoms with E-state index in [1.807, 2.05) is 16.8 Å². The molecule has 0 atom stereocenters. The summed E-state index contributed by atoms with van der Waals surface area (Å²) in [6, 6.07) is 8.13. The van der Waals surface area contributed by atoms with Gasteiger partial charge in [-0.3, -0.25) is 0 Å². The van der Waals surface area contributed by atoms with Crippen LogP contribution in [-0.4, -0.2) is 9.78 Å². The first-order chi connectivity index (χ1) is 8.17. The molecule has 0 aliphatic carbocycles. The average molecular weight is 229 g/mol. The highest BCUT2D eigenvalue weighted by Crippen LogP contribution is 2.23. The van der Waals surface area contributed by atoms with Crippen LogP contribution < -0.4 is 5.73 Å². The van der Waals surface area contributed by atoms with E-state index in [1.54, 1.807) is 0 Å². The molecule has 2 aromatic rings. The van der Waals surface area contributed by atoms with E-state index >= 15 is 0 Å². The van der Waals surface area contributed by atoms with Crippen molar-refractivity contribution in [3.63, 3.8) is 0 Å². The second-order valence-electron chi connectivity index (χ2n) is 4.26. The first-order valence-electron chi connectivity index (χ1n) is 6.10. The van der Waals surface area contributed by atoms with Crippen molar-refractivity contribution in [2.45, 2.75) is 33.6 Å². The molecule has 3 nitrogen and oxygen atoms in total. The van der Waals surface area contributed by atoms with Crippen LogP contribution >= 0.6 is 0 Å². The maximum absolute atomic E-state index is 6.07. The fourth-order valence-electron chi connectivity index (χ4n) is 2.06. The first-order valence-corrected chi connectivity index (χ1v) is 6.10. The molecule has 1 heterocycles. The summed E-state index contributed by atoms with van der Waals surface area (Å²) in [5, 5.41) is 4.63. The highest BCUT2D eigenvalue weighted by atomic mass is 15.3. The van der Waals surface area contributed by atoms with E-state index in [2.05, 4.69) is 38.0 Å². The number of nitrogens with two attached hydrogens (primary N) is 1. The lowest BCUT2D eigenvalue weighted by molar-refractivity contribution is 0.791. The summed E-state index contributed by atoms with van der Waals surface area (Å²) in [6.45, 7) is 6.33. The maximum Gasteiger partial charge on any atom is 0.0907 e. The maximum atomic E-state index is 6.07. The minimum Gasteiger partial charge on any atom is -0.397 e. The zero-order valence-corrected chi connectivity index (χ0v) is 10.7. The second-order valence-corrected chi connectivity index (χ2v) is 4.26. The van der Waals surface area contributed by atoms with Crippen LogP contribution in [-0.2, 0) is 12.8 Å². The van der Waals surface area contributed by atoms with Crippen LogP contribution in [0, 0.1) is 6.92 Å². The summed E-state index contributed by atoms with van der Waals surface area (Å²) in [7, 11) is 0. The van der Waals surface area contributed by atoms with E-state index in [0.717, 1.165) is 35.5 Å². The number of anilines is 1. The Kier molecular flexibility index (Phi) is 3.18. The smallest absolute Gasteiger partial charge is 0.0907 e. The minimum atomic E-state index is 0.783. The van der Waals surface area contributed by atoms with Gasteiger partial charge in [-0.15, -0.1) is 0 Å². The molecule has 17 heavy (non-hydrogen) atoms. The molecule has 1 aromatic carbocycles. The average Bonchev–Trinajstić information content (AvgIpc) is 2.72. The van der Waals surface area contributed by atoms with E-state index in [1.165, 1.54) is 5.69 Å². The van der Waals surface area contributed by atoms with Gasteiger partial charge in [0.15, 0.2) is 0 Å². The zero-order valence-electron chi connectivity index (χ0n) is 10.7. The summed E-state index contributed by atoms with van der Waals surface area (Å²) >= 11 is 0. The SMILES string of the molecule is CCc1cc(CC)n(-c2c(C)cccc2N)n1. The second kappa shape index (κ2) is 4.62. The number of rotatable bonds is 3. The lowest BCUT2D eigenvalue weighted by atomic mass is 10.1. The van der Waals surface area contributed by atoms with Crippen LogP contribution in [0.15, 0.2) is 24.3 Å². The highest BCUT2D eigenvalue weighted by Gasteiger charge is 2.11. The molecule has 0 unspecified atom stereocenters. The highest BCUT2D eigenvalue weighted by molar-refractivity contribution is 5.61. The molecule has 3 heteroatoms. The number of aryl methyl sites for hydroxylation is 3. The fourth-order valence-corrected chi connectivity index (χ4v) is 2.06. The largest absolute Gasteiger partial charge is 0.397 e. The molecule has 0 radical (unpaired) electrons. The van der Waals surface area contributed by atoms with Crippen molar-refractivity contribution in [3.05, 3.63) is 41.2 Å². The van der Waals surface area contributed by atoms with Crippen molar-refractivity contribution in [2.24, 2.45) is 0 Å². The molecule has 2 rings (SSSR count). The molecule has 1 aromatic heterocycles. The molecule has 0 amide bonds. The third-order valence-electron chi connectivity index (χ3n) is 3.04. The van der Waals surface area contributed by atoms with E-state index in [4.69, 9.17) is 5.73 Å². The van der Waals surface area contributed by atoms with Gasteiger partial charge in [0.05, 0.1) is 17.1 Å². The Bertz CT molecular complexity index is 506. The van der Waals surface area contributed by atoms with E-state index < -0.39 is 0 Å². The van der Waals surface area contributed by atoms with Gasteiger partial charge in [-0.25, -0.2) is 4.68 Å². The standard InChI is InChI=1S/C14H19N3/c1-4-11-9-12(5-2)17(16-11)14-10(3)7-6-8-13(14)15/h6-9H,4-5,15H2,1-3H3. The zero-order chi connectivity index (χ0) is 12.4. The molecule has 0 aliphatic rings. The Morgan fingerprint density at radius 1 is 1.24 bits per heavy atom. The van der Waals surface area contributed by atoms with Crippen LogP contribution in [0.1, 0.15) is 30.8 Å². The van der Waals surface area contributed by atoms with Crippen LogP contribution in [0.4, 0.5) is 5.69 Å². The van der Waals surface area contributed by atoms with E-state index in [-0.39, 0.29) is 0 Å².